The SMILES string of the molecule is Cc1cnc(CNc2cc(C3CC3)ncn2)[nH]1. The van der Waals surface area contributed by atoms with Crippen molar-refractivity contribution in [2.45, 2.75) is 32.2 Å². The third kappa shape index (κ3) is 2.43. The summed E-state index contributed by atoms with van der Waals surface area (Å²) in [5, 5.41) is 3.25. The molecule has 88 valence electrons. The second-order valence-electron chi connectivity index (χ2n) is 4.47. The van der Waals surface area contributed by atoms with Crippen molar-refractivity contribution in [2.75, 3.05) is 5.32 Å². The zero-order valence-electron chi connectivity index (χ0n) is 9.77. The van der Waals surface area contributed by atoms with Crippen LogP contribution < -0.4 is 5.32 Å². The van der Waals surface area contributed by atoms with E-state index in [0.29, 0.717) is 12.5 Å². The summed E-state index contributed by atoms with van der Waals surface area (Å²) in [6, 6.07) is 2.04. The third-order valence-corrected chi connectivity index (χ3v) is 2.88. The lowest BCUT2D eigenvalue weighted by Gasteiger charge is -2.04. The largest absolute Gasteiger partial charge is 0.363 e. The molecule has 1 fully saturated rings. The molecule has 17 heavy (non-hydrogen) atoms. The Labute approximate surface area is 99.7 Å². The molecule has 0 unspecified atom stereocenters. The minimum atomic E-state index is 0.657. The predicted molar refractivity (Wildman–Crippen MR) is 64.7 cm³/mol. The maximum Gasteiger partial charge on any atom is 0.129 e. The number of imidazole rings is 1. The molecular formula is C12H15N5. The molecule has 0 aromatic carbocycles. The molecule has 2 aromatic heterocycles. The van der Waals surface area contributed by atoms with E-state index in [2.05, 4.69) is 25.3 Å². The zero-order valence-corrected chi connectivity index (χ0v) is 9.77. The summed E-state index contributed by atoms with van der Waals surface area (Å²) in [6.07, 6.45) is 5.97. The molecular weight excluding hydrogens is 214 g/mol. The van der Waals surface area contributed by atoms with Crippen LogP contribution in [0, 0.1) is 6.92 Å². The first-order valence-corrected chi connectivity index (χ1v) is 5.87. The van der Waals surface area contributed by atoms with Crippen LogP contribution in [0.3, 0.4) is 0 Å². The van der Waals surface area contributed by atoms with Gasteiger partial charge in [-0.2, -0.15) is 0 Å². The van der Waals surface area contributed by atoms with Crippen molar-refractivity contribution in [3.05, 3.63) is 35.8 Å². The van der Waals surface area contributed by atoms with Crippen molar-refractivity contribution in [3.63, 3.8) is 0 Å². The van der Waals surface area contributed by atoms with Crippen LogP contribution in [0.1, 0.15) is 36.0 Å². The Morgan fingerprint density at radius 1 is 1.35 bits per heavy atom. The number of anilines is 1. The van der Waals surface area contributed by atoms with E-state index in [1.807, 2.05) is 19.2 Å². The van der Waals surface area contributed by atoms with Crippen LogP contribution in [0.15, 0.2) is 18.6 Å². The Morgan fingerprint density at radius 3 is 2.94 bits per heavy atom. The fraction of sp³-hybridized carbons (Fsp3) is 0.417. The highest BCUT2D eigenvalue weighted by Gasteiger charge is 2.25. The Morgan fingerprint density at radius 2 is 2.24 bits per heavy atom. The summed E-state index contributed by atoms with van der Waals surface area (Å²) < 4.78 is 0. The number of nitrogens with one attached hydrogen (secondary N) is 2. The molecule has 2 heterocycles. The van der Waals surface area contributed by atoms with Crippen molar-refractivity contribution in [1.29, 1.82) is 0 Å². The lowest BCUT2D eigenvalue weighted by molar-refractivity contribution is 0.951. The Hall–Kier alpha value is -1.91. The number of rotatable bonds is 4. The first-order valence-electron chi connectivity index (χ1n) is 5.87. The van der Waals surface area contributed by atoms with E-state index in [1.54, 1.807) is 6.33 Å². The smallest absolute Gasteiger partial charge is 0.129 e. The molecule has 5 heteroatoms. The van der Waals surface area contributed by atoms with Gasteiger partial charge in [-0.15, -0.1) is 0 Å². The van der Waals surface area contributed by atoms with Crippen LogP contribution in [0.2, 0.25) is 0 Å². The summed E-state index contributed by atoms with van der Waals surface area (Å²) in [4.78, 5) is 15.9. The molecule has 1 saturated carbocycles. The number of aromatic amines is 1. The standard InChI is InChI=1S/C12H15N5/c1-8-5-13-12(17-8)6-14-11-4-10(9-2-3-9)15-7-16-11/h4-5,7,9H,2-3,6H2,1H3,(H,13,17)(H,14,15,16). The predicted octanol–water partition coefficient (Wildman–Crippen LogP) is 2.00. The van der Waals surface area contributed by atoms with E-state index in [4.69, 9.17) is 0 Å². The van der Waals surface area contributed by atoms with Crippen LogP contribution in [0.5, 0.6) is 0 Å². The van der Waals surface area contributed by atoms with Crippen LogP contribution in [0.25, 0.3) is 0 Å². The minimum Gasteiger partial charge on any atom is -0.363 e. The molecule has 1 aliphatic carbocycles. The first-order chi connectivity index (χ1) is 8.31. The van der Waals surface area contributed by atoms with Gasteiger partial charge in [-0.3, -0.25) is 0 Å². The van der Waals surface area contributed by atoms with Crippen molar-refractivity contribution >= 4 is 5.82 Å². The number of nitrogens with zero attached hydrogens (tertiary/aromatic N) is 3. The third-order valence-electron chi connectivity index (χ3n) is 2.88. The van der Waals surface area contributed by atoms with Gasteiger partial charge in [0.1, 0.15) is 18.0 Å². The lowest BCUT2D eigenvalue weighted by atomic mass is 10.3. The molecule has 0 saturated heterocycles. The van der Waals surface area contributed by atoms with Gasteiger partial charge in [-0.25, -0.2) is 15.0 Å². The molecule has 1 aliphatic rings. The number of aryl methyl sites for hydroxylation is 1. The van der Waals surface area contributed by atoms with Gasteiger partial charge >= 0.3 is 0 Å². The second kappa shape index (κ2) is 4.16. The Kier molecular flexibility index (Phi) is 2.51. The summed E-state index contributed by atoms with van der Waals surface area (Å²) in [7, 11) is 0. The molecule has 0 radical (unpaired) electrons. The molecule has 0 amide bonds. The highest BCUT2D eigenvalue weighted by atomic mass is 15.0. The second-order valence-corrected chi connectivity index (χ2v) is 4.47. The van der Waals surface area contributed by atoms with Gasteiger partial charge in [-0.1, -0.05) is 0 Å². The van der Waals surface area contributed by atoms with Gasteiger partial charge < -0.3 is 10.3 Å². The first kappa shape index (κ1) is 10.3. The summed E-state index contributed by atoms with van der Waals surface area (Å²) in [6.45, 7) is 2.65. The van der Waals surface area contributed by atoms with Crippen molar-refractivity contribution in [1.82, 2.24) is 19.9 Å². The summed E-state index contributed by atoms with van der Waals surface area (Å²) >= 11 is 0. The average Bonchev–Trinajstić information content (AvgIpc) is 3.11. The van der Waals surface area contributed by atoms with E-state index in [0.717, 1.165) is 23.0 Å². The van der Waals surface area contributed by atoms with Crippen LogP contribution in [-0.4, -0.2) is 19.9 Å². The van der Waals surface area contributed by atoms with E-state index < -0.39 is 0 Å². The average molecular weight is 229 g/mol. The van der Waals surface area contributed by atoms with E-state index in [9.17, 15) is 0 Å². The fourth-order valence-corrected chi connectivity index (χ4v) is 1.80. The maximum absolute atomic E-state index is 4.29. The van der Waals surface area contributed by atoms with Gasteiger partial charge in [0.05, 0.1) is 6.54 Å². The fourth-order valence-electron chi connectivity index (χ4n) is 1.80. The maximum atomic E-state index is 4.29. The molecule has 0 spiro atoms. The number of hydrogen-bond acceptors (Lipinski definition) is 4. The normalized spacial score (nSPS) is 14.9. The molecule has 0 bridgehead atoms. The van der Waals surface area contributed by atoms with Crippen LogP contribution >= 0.6 is 0 Å². The molecule has 3 rings (SSSR count). The van der Waals surface area contributed by atoms with Gasteiger partial charge in [0, 0.05) is 29.6 Å². The topological polar surface area (TPSA) is 66.5 Å². The van der Waals surface area contributed by atoms with Gasteiger partial charge in [-0.05, 0) is 19.8 Å². The summed E-state index contributed by atoms with van der Waals surface area (Å²) in [5.41, 5.74) is 2.22. The van der Waals surface area contributed by atoms with Gasteiger partial charge in [0.25, 0.3) is 0 Å². The van der Waals surface area contributed by atoms with Crippen molar-refractivity contribution in [3.8, 4) is 0 Å². The van der Waals surface area contributed by atoms with E-state index in [1.165, 1.54) is 12.8 Å². The van der Waals surface area contributed by atoms with Crippen LogP contribution in [-0.2, 0) is 6.54 Å². The Bertz CT molecular complexity index is 515. The van der Waals surface area contributed by atoms with Crippen molar-refractivity contribution in [2.24, 2.45) is 0 Å². The van der Waals surface area contributed by atoms with Crippen LogP contribution in [0.4, 0.5) is 5.82 Å². The van der Waals surface area contributed by atoms with Gasteiger partial charge in [0.2, 0.25) is 0 Å². The minimum absolute atomic E-state index is 0.657. The number of H-pyrrole nitrogens is 1. The molecule has 5 nitrogen and oxygen atoms in total. The van der Waals surface area contributed by atoms with Crippen molar-refractivity contribution < 1.29 is 0 Å². The Balaban J connectivity index is 1.66. The molecule has 0 atom stereocenters. The molecule has 0 aliphatic heterocycles. The highest BCUT2D eigenvalue weighted by molar-refractivity contribution is 5.36. The summed E-state index contributed by atoms with van der Waals surface area (Å²) in [5.74, 6) is 2.45. The molecule has 2 aromatic rings. The number of hydrogen-bond donors (Lipinski definition) is 2. The van der Waals surface area contributed by atoms with Gasteiger partial charge in [0.15, 0.2) is 0 Å². The lowest BCUT2D eigenvalue weighted by Crippen LogP contribution is -2.04. The monoisotopic (exact) mass is 229 g/mol. The molecule has 2 N–H and O–H groups in total. The van der Waals surface area contributed by atoms with E-state index >= 15 is 0 Å². The number of aromatic nitrogens is 4. The quantitative estimate of drug-likeness (QED) is 0.841. The highest BCUT2D eigenvalue weighted by Crippen LogP contribution is 2.39. The zero-order chi connectivity index (χ0) is 11.7. The van der Waals surface area contributed by atoms with E-state index in [-0.39, 0.29) is 0 Å².